The zero-order chi connectivity index (χ0) is 13.6. The van der Waals surface area contributed by atoms with Crippen LogP contribution < -0.4 is 0 Å². The summed E-state index contributed by atoms with van der Waals surface area (Å²) < 4.78 is 19.1. The third-order valence-electron chi connectivity index (χ3n) is 3.17. The second kappa shape index (κ2) is 4.19. The maximum Gasteiger partial charge on any atom is 0.373 e. The molecule has 1 aliphatic carbocycles. The molecular weight excluding hydrogens is 249 g/mol. The molecule has 1 aliphatic rings. The summed E-state index contributed by atoms with van der Waals surface area (Å²) in [4.78, 5) is 15.3. The summed E-state index contributed by atoms with van der Waals surface area (Å²) in [6, 6.07) is 4.66. The van der Waals surface area contributed by atoms with Gasteiger partial charge >= 0.3 is 5.97 Å². The number of carbonyl (C=O) groups is 1. The highest BCUT2D eigenvalue weighted by atomic mass is 19.1. The first-order chi connectivity index (χ1) is 9.06. The minimum atomic E-state index is -1.16. The van der Waals surface area contributed by atoms with Gasteiger partial charge < -0.3 is 9.52 Å². The Morgan fingerprint density at radius 3 is 2.79 bits per heavy atom. The molecule has 1 N–H and O–H groups in total. The van der Waals surface area contributed by atoms with Gasteiger partial charge in [0.05, 0.1) is 11.3 Å². The molecule has 1 heterocycles. The smallest absolute Gasteiger partial charge is 0.373 e. The maximum absolute atomic E-state index is 13.8. The van der Waals surface area contributed by atoms with Gasteiger partial charge in [-0.3, -0.25) is 0 Å². The van der Waals surface area contributed by atoms with E-state index in [-0.39, 0.29) is 23.1 Å². The largest absolute Gasteiger partial charge is 0.475 e. The molecule has 0 unspecified atom stereocenters. The van der Waals surface area contributed by atoms with Gasteiger partial charge in [0.2, 0.25) is 11.7 Å². The number of halogens is 1. The molecule has 3 rings (SSSR count). The zero-order valence-corrected chi connectivity index (χ0v) is 10.3. The normalized spacial score (nSPS) is 14.6. The Morgan fingerprint density at radius 1 is 1.47 bits per heavy atom. The van der Waals surface area contributed by atoms with Crippen molar-refractivity contribution in [3.05, 3.63) is 41.0 Å². The summed E-state index contributed by atoms with van der Waals surface area (Å²) in [5, 5.41) is 9.09. The number of carboxylic acids is 1. The predicted molar refractivity (Wildman–Crippen MR) is 65.6 cm³/mol. The van der Waals surface area contributed by atoms with Gasteiger partial charge in [0.1, 0.15) is 5.82 Å². The van der Waals surface area contributed by atoms with Crippen molar-refractivity contribution >= 4 is 5.97 Å². The minimum absolute atomic E-state index is 0.0387. The third-order valence-corrected chi connectivity index (χ3v) is 3.17. The second-order valence-electron chi connectivity index (χ2n) is 4.80. The van der Waals surface area contributed by atoms with Crippen molar-refractivity contribution in [2.45, 2.75) is 25.7 Å². The lowest BCUT2D eigenvalue weighted by atomic mass is 10.1. The van der Waals surface area contributed by atoms with Crippen molar-refractivity contribution in [2.75, 3.05) is 0 Å². The average Bonchev–Trinajstić information content (AvgIpc) is 3.09. The highest BCUT2D eigenvalue weighted by molar-refractivity contribution is 5.86. The lowest BCUT2D eigenvalue weighted by Crippen LogP contribution is -1.98. The summed E-state index contributed by atoms with van der Waals surface area (Å²) in [6.07, 6.45) is 1.81. The van der Waals surface area contributed by atoms with E-state index in [9.17, 15) is 9.18 Å². The number of hydrogen-bond donors (Lipinski definition) is 1. The van der Waals surface area contributed by atoms with Crippen LogP contribution in [0.1, 0.15) is 40.6 Å². The van der Waals surface area contributed by atoms with E-state index < -0.39 is 11.8 Å². The van der Waals surface area contributed by atoms with Crippen molar-refractivity contribution in [1.29, 1.82) is 0 Å². The first-order valence-corrected chi connectivity index (χ1v) is 6.07. The minimum Gasteiger partial charge on any atom is -0.475 e. The van der Waals surface area contributed by atoms with E-state index >= 15 is 0 Å². The number of oxazole rings is 1. The molecule has 0 bridgehead atoms. The van der Waals surface area contributed by atoms with Gasteiger partial charge in [-0.05, 0) is 37.5 Å². The Morgan fingerprint density at radius 2 is 2.21 bits per heavy atom. The number of aromatic carboxylic acids is 1. The molecule has 0 radical (unpaired) electrons. The highest BCUT2D eigenvalue weighted by Gasteiger charge is 2.34. The summed E-state index contributed by atoms with van der Waals surface area (Å²) in [5.74, 6) is -1.61. The maximum atomic E-state index is 13.8. The molecule has 0 atom stereocenters. The summed E-state index contributed by atoms with van der Waals surface area (Å²) in [7, 11) is 0. The zero-order valence-electron chi connectivity index (χ0n) is 10.3. The summed E-state index contributed by atoms with van der Waals surface area (Å²) in [5.41, 5.74) is 1.41. The molecule has 19 heavy (non-hydrogen) atoms. The lowest BCUT2D eigenvalue weighted by Gasteiger charge is -1.99. The van der Waals surface area contributed by atoms with Gasteiger partial charge in [0.25, 0.3) is 0 Å². The molecule has 4 nitrogen and oxygen atoms in total. The molecular formula is C14H12FNO3. The third kappa shape index (κ3) is 2.12. The number of nitrogens with zero attached hydrogens (tertiary/aromatic N) is 1. The van der Waals surface area contributed by atoms with Crippen LogP contribution in [0.5, 0.6) is 0 Å². The van der Waals surface area contributed by atoms with Gasteiger partial charge in [-0.2, -0.15) is 0 Å². The molecule has 1 aromatic heterocycles. The Bertz CT molecular complexity index is 659. The van der Waals surface area contributed by atoms with E-state index in [0.717, 1.165) is 18.4 Å². The second-order valence-corrected chi connectivity index (χ2v) is 4.80. The molecule has 1 saturated carbocycles. The van der Waals surface area contributed by atoms with Crippen LogP contribution >= 0.6 is 0 Å². The number of aryl methyl sites for hydroxylation is 1. The highest BCUT2D eigenvalue weighted by Crippen LogP contribution is 2.42. The number of aromatic nitrogens is 1. The number of hydrogen-bond acceptors (Lipinski definition) is 3. The Hall–Kier alpha value is -2.17. The molecule has 2 aromatic rings. The van der Waals surface area contributed by atoms with Gasteiger partial charge in [0, 0.05) is 5.92 Å². The van der Waals surface area contributed by atoms with Crippen LogP contribution in [0.3, 0.4) is 0 Å². The van der Waals surface area contributed by atoms with E-state index in [1.165, 1.54) is 6.07 Å². The summed E-state index contributed by atoms with van der Waals surface area (Å²) >= 11 is 0. The van der Waals surface area contributed by atoms with Crippen LogP contribution in [-0.4, -0.2) is 16.1 Å². The SMILES string of the molecule is Cc1ccc(-c2nc(C3CC3)c(C(=O)O)o2)c(F)c1. The molecule has 0 aliphatic heterocycles. The first kappa shape index (κ1) is 11.9. The topological polar surface area (TPSA) is 63.3 Å². The van der Waals surface area contributed by atoms with E-state index in [4.69, 9.17) is 9.52 Å². The van der Waals surface area contributed by atoms with Gasteiger partial charge in [0.15, 0.2) is 0 Å². The van der Waals surface area contributed by atoms with E-state index in [1.54, 1.807) is 19.1 Å². The molecule has 0 amide bonds. The van der Waals surface area contributed by atoms with Crippen molar-refractivity contribution < 1.29 is 18.7 Å². The lowest BCUT2D eigenvalue weighted by molar-refractivity contribution is 0.0661. The molecule has 1 fully saturated rings. The van der Waals surface area contributed by atoms with Crippen molar-refractivity contribution in [2.24, 2.45) is 0 Å². The fourth-order valence-corrected chi connectivity index (χ4v) is 2.03. The molecule has 0 spiro atoms. The Balaban J connectivity index is 2.10. The Labute approximate surface area is 108 Å². The fourth-order valence-electron chi connectivity index (χ4n) is 2.03. The van der Waals surface area contributed by atoms with Crippen LogP contribution in [0.15, 0.2) is 22.6 Å². The van der Waals surface area contributed by atoms with Gasteiger partial charge in [-0.1, -0.05) is 6.07 Å². The van der Waals surface area contributed by atoms with Crippen LogP contribution in [0.2, 0.25) is 0 Å². The van der Waals surface area contributed by atoms with Gasteiger partial charge in [-0.15, -0.1) is 0 Å². The van der Waals surface area contributed by atoms with Crippen LogP contribution in [0.25, 0.3) is 11.5 Å². The first-order valence-electron chi connectivity index (χ1n) is 6.07. The van der Waals surface area contributed by atoms with Crippen LogP contribution in [0, 0.1) is 12.7 Å². The van der Waals surface area contributed by atoms with Crippen molar-refractivity contribution in [3.8, 4) is 11.5 Å². The number of rotatable bonds is 3. The quantitative estimate of drug-likeness (QED) is 0.920. The van der Waals surface area contributed by atoms with Crippen LogP contribution in [-0.2, 0) is 0 Å². The van der Waals surface area contributed by atoms with E-state index in [0.29, 0.717) is 5.69 Å². The monoisotopic (exact) mass is 261 g/mol. The van der Waals surface area contributed by atoms with Crippen molar-refractivity contribution in [3.63, 3.8) is 0 Å². The number of carboxylic acid groups (broad SMARTS) is 1. The molecule has 5 heteroatoms. The molecule has 98 valence electrons. The van der Waals surface area contributed by atoms with Crippen molar-refractivity contribution in [1.82, 2.24) is 4.98 Å². The predicted octanol–water partition coefficient (Wildman–Crippen LogP) is 3.36. The van der Waals surface area contributed by atoms with E-state index in [1.807, 2.05) is 0 Å². The average molecular weight is 261 g/mol. The standard InChI is InChI=1S/C14H12FNO3/c1-7-2-5-9(10(15)6-7)13-16-11(8-3-4-8)12(19-13)14(17)18/h2,5-6,8H,3-4H2,1H3,(H,17,18). The van der Waals surface area contributed by atoms with E-state index in [2.05, 4.69) is 4.98 Å². The molecule has 0 saturated heterocycles. The molecule has 1 aromatic carbocycles. The summed E-state index contributed by atoms with van der Waals surface area (Å²) in [6.45, 7) is 1.78. The fraction of sp³-hybridized carbons (Fsp3) is 0.286. The Kier molecular flexibility index (Phi) is 2.62. The van der Waals surface area contributed by atoms with Crippen LogP contribution in [0.4, 0.5) is 4.39 Å². The van der Waals surface area contributed by atoms with Gasteiger partial charge in [-0.25, -0.2) is 14.2 Å². The number of benzene rings is 1.